The number of benzene rings is 1. The fraction of sp³-hybridized carbons (Fsp3) is 0.381. The molecule has 27 heavy (non-hydrogen) atoms. The number of carbonyl (C=O) groups is 1. The number of likely N-dealkylation sites (tertiary alicyclic amines) is 1. The van der Waals surface area contributed by atoms with E-state index < -0.39 is 0 Å². The average Bonchev–Trinajstić information content (AvgIpc) is 3.25. The van der Waals surface area contributed by atoms with Gasteiger partial charge in [-0.15, -0.1) is 11.3 Å². The summed E-state index contributed by atoms with van der Waals surface area (Å²) in [5.74, 6) is 0.143. The number of fused-ring (bicyclic) bond motifs is 1. The Morgan fingerprint density at radius 2 is 1.89 bits per heavy atom. The second-order valence-electron chi connectivity index (χ2n) is 7.40. The zero-order valence-electron chi connectivity index (χ0n) is 15.7. The van der Waals surface area contributed by atoms with E-state index in [9.17, 15) is 4.79 Å². The van der Waals surface area contributed by atoms with E-state index in [1.54, 1.807) is 11.3 Å². The van der Waals surface area contributed by atoms with Crippen LogP contribution in [0.2, 0.25) is 5.02 Å². The molecule has 0 atom stereocenters. The lowest BCUT2D eigenvalue weighted by Crippen LogP contribution is -2.44. The quantitative estimate of drug-likeness (QED) is 0.640. The predicted octanol–water partition coefficient (Wildman–Crippen LogP) is 4.57. The van der Waals surface area contributed by atoms with Crippen molar-refractivity contribution in [1.82, 2.24) is 14.4 Å². The Kier molecular flexibility index (Phi) is 5.26. The standard InChI is InChI=1S/C21H24ClN3OS/c1-23(2)17-7-10-24(11-8-17)21(26)19-13-20-18(9-12-27-20)25(19)14-15-3-5-16(22)6-4-15/h3-6,9,12-13,17H,7-8,10-11,14H2,1-2H3. The van der Waals surface area contributed by atoms with Crippen molar-refractivity contribution in [1.29, 1.82) is 0 Å². The van der Waals surface area contributed by atoms with Crippen LogP contribution in [-0.4, -0.2) is 53.5 Å². The van der Waals surface area contributed by atoms with Crippen molar-refractivity contribution in [3.63, 3.8) is 0 Å². The number of amides is 1. The minimum Gasteiger partial charge on any atom is -0.337 e. The highest BCUT2D eigenvalue weighted by molar-refractivity contribution is 7.17. The molecule has 0 N–H and O–H groups in total. The molecule has 0 unspecified atom stereocenters. The molecule has 4 nitrogen and oxygen atoms in total. The molecule has 1 aliphatic heterocycles. The Morgan fingerprint density at radius 3 is 2.56 bits per heavy atom. The number of thiophene rings is 1. The highest BCUT2D eigenvalue weighted by atomic mass is 35.5. The molecule has 1 aliphatic rings. The van der Waals surface area contributed by atoms with E-state index in [1.165, 1.54) is 0 Å². The maximum Gasteiger partial charge on any atom is 0.270 e. The molecule has 6 heteroatoms. The van der Waals surface area contributed by atoms with Crippen LogP contribution >= 0.6 is 22.9 Å². The molecule has 3 aromatic rings. The Balaban J connectivity index is 1.60. The van der Waals surface area contributed by atoms with Gasteiger partial charge in [0.2, 0.25) is 0 Å². The SMILES string of the molecule is CN(C)C1CCN(C(=O)c2cc3sccc3n2Cc2ccc(Cl)cc2)CC1. The van der Waals surface area contributed by atoms with Crippen molar-refractivity contribution in [2.75, 3.05) is 27.2 Å². The third-order valence-corrected chi connectivity index (χ3v) is 6.58. The first-order chi connectivity index (χ1) is 13.0. The first kappa shape index (κ1) is 18.5. The van der Waals surface area contributed by atoms with E-state index in [4.69, 9.17) is 11.6 Å². The van der Waals surface area contributed by atoms with Crippen molar-refractivity contribution < 1.29 is 4.79 Å². The molecule has 1 saturated heterocycles. The number of hydrogen-bond donors (Lipinski definition) is 0. The molecular formula is C21H24ClN3OS. The highest BCUT2D eigenvalue weighted by Gasteiger charge is 2.27. The van der Waals surface area contributed by atoms with E-state index in [0.717, 1.165) is 52.4 Å². The summed E-state index contributed by atoms with van der Waals surface area (Å²) in [5.41, 5.74) is 3.06. The number of carbonyl (C=O) groups excluding carboxylic acids is 1. The Hall–Kier alpha value is -1.82. The normalized spacial score (nSPS) is 15.8. The van der Waals surface area contributed by atoms with Crippen molar-refractivity contribution in [3.05, 3.63) is 58.1 Å². The molecule has 142 valence electrons. The molecule has 2 aromatic heterocycles. The largest absolute Gasteiger partial charge is 0.337 e. The van der Waals surface area contributed by atoms with E-state index in [0.29, 0.717) is 12.6 Å². The lowest BCUT2D eigenvalue weighted by molar-refractivity contribution is 0.0653. The molecule has 0 radical (unpaired) electrons. The summed E-state index contributed by atoms with van der Waals surface area (Å²) in [6.45, 7) is 2.32. The molecular weight excluding hydrogens is 378 g/mol. The number of nitrogens with zero attached hydrogens (tertiary/aromatic N) is 3. The first-order valence-electron chi connectivity index (χ1n) is 9.30. The van der Waals surface area contributed by atoms with Crippen molar-refractivity contribution in [2.45, 2.75) is 25.4 Å². The van der Waals surface area contributed by atoms with Crippen LogP contribution in [0.5, 0.6) is 0 Å². The molecule has 4 rings (SSSR count). The Morgan fingerprint density at radius 1 is 1.19 bits per heavy atom. The zero-order valence-corrected chi connectivity index (χ0v) is 17.3. The van der Waals surface area contributed by atoms with Gasteiger partial charge in [0.15, 0.2) is 0 Å². The zero-order chi connectivity index (χ0) is 19.0. The summed E-state index contributed by atoms with van der Waals surface area (Å²) < 4.78 is 3.31. The van der Waals surface area contributed by atoms with Crippen molar-refractivity contribution in [3.8, 4) is 0 Å². The monoisotopic (exact) mass is 401 g/mol. The highest BCUT2D eigenvalue weighted by Crippen LogP contribution is 2.28. The predicted molar refractivity (Wildman–Crippen MR) is 113 cm³/mol. The topological polar surface area (TPSA) is 28.5 Å². The van der Waals surface area contributed by atoms with Gasteiger partial charge in [-0.1, -0.05) is 23.7 Å². The molecule has 0 saturated carbocycles. The summed E-state index contributed by atoms with van der Waals surface area (Å²) >= 11 is 7.70. The van der Waals surface area contributed by atoms with Gasteiger partial charge in [0.05, 0.1) is 10.2 Å². The minimum atomic E-state index is 0.143. The summed E-state index contributed by atoms with van der Waals surface area (Å²) in [5, 5.41) is 2.81. The molecule has 1 fully saturated rings. The summed E-state index contributed by atoms with van der Waals surface area (Å²) in [6, 6.07) is 12.6. The second-order valence-corrected chi connectivity index (χ2v) is 8.78. The molecule has 0 aliphatic carbocycles. The number of halogens is 1. The smallest absolute Gasteiger partial charge is 0.270 e. The second kappa shape index (κ2) is 7.66. The van der Waals surface area contributed by atoms with Crippen LogP contribution in [-0.2, 0) is 6.54 Å². The van der Waals surface area contributed by atoms with E-state index >= 15 is 0 Å². The summed E-state index contributed by atoms with van der Waals surface area (Å²) in [4.78, 5) is 17.6. The van der Waals surface area contributed by atoms with Gasteiger partial charge in [-0.2, -0.15) is 0 Å². The van der Waals surface area contributed by atoms with Crippen LogP contribution in [0.3, 0.4) is 0 Å². The number of rotatable bonds is 4. The maximum atomic E-state index is 13.3. The summed E-state index contributed by atoms with van der Waals surface area (Å²) in [7, 11) is 4.24. The lowest BCUT2D eigenvalue weighted by atomic mass is 10.0. The van der Waals surface area contributed by atoms with Crippen LogP contribution in [0.25, 0.3) is 10.2 Å². The third-order valence-electron chi connectivity index (χ3n) is 5.48. The summed E-state index contributed by atoms with van der Waals surface area (Å²) in [6.07, 6.45) is 2.07. The molecule has 0 bridgehead atoms. The van der Waals surface area contributed by atoms with E-state index in [-0.39, 0.29) is 5.91 Å². The lowest BCUT2D eigenvalue weighted by Gasteiger charge is -2.35. The van der Waals surface area contributed by atoms with E-state index in [1.807, 2.05) is 29.2 Å². The van der Waals surface area contributed by atoms with Crippen LogP contribution < -0.4 is 0 Å². The van der Waals surface area contributed by atoms with Gasteiger partial charge in [0.25, 0.3) is 5.91 Å². The minimum absolute atomic E-state index is 0.143. The van der Waals surface area contributed by atoms with Gasteiger partial charge in [0, 0.05) is 30.7 Å². The molecule has 3 heterocycles. The maximum absolute atomic E-state index is 13.3. The average molecular weight is 402 g/mol. The van der Waals surface area contributed by atoms with Crippen LogP contribution in [0.1, 0.15) is 28.9 Å². The van der Waals surface area contributed by atoms with Gasteiger partial charge < -0.3 is 14.4 Å². The number of hydrogen-bond acceptors (Lipinski definition) is 3. The van der Waals surface area contributed by atoms with Crippen LogP contribution in [0.15, 0.2) is 41.8 Å². The first-order valence-corrected chi connectivity index (χ1v) is 10.6. The Labute approximate surface area is 168 Å². The van der Waals surface area contributed by atoms with Crippen LogP contribution in [0.4, 0.5) is 0 Å². The van der Waals surface area contributed by atoms with E-state index in [2.05, 4.69) is 41.1 Å². The van der Waals surface area contributed by atoms with Crippen molar-refractivity contribution in [2.24, 2.45) is 0 Å². The number of aromatic nitrogens is 1. The molecule has 0 spiro atoms. The molecule has 1 amide bonds. The van der Waals surface area contributed by atoms with Crippen molar-refractivity contribution >= 4 is 39.1 Å². The van der Waals surface area contributed by atoms with Gasteiger partial charge in [0.1, 0.15) is 5.69 Å². The van der Waals surface area contributed by atoms with Gasteiger partial charge in [-0.05, 0) is 62.1 Å². The molecule has 1 aromatic carbocycles. The Bertz CT molecular complexity index is 936. The van der Waals surface area contributed by atoms with Gasteiger partial charge in [-0.3, -0.25) is 4.79 Å². The fourth-order valence-corrected chi connectivity index (χ4v) is 4.79. The third kappa shape index (κ3) is 3.77. The number of piperidine rings is 1. The van der Waals surface area contributed by atoms with Gasteiger partial charge >= 0.3 is 0 Å². The fourth-order valence-electron chi connectivity index (χ4n) is 3.84. The van der Waals surface area contributed by atoms with Crippen LogP contribution in [0, 0.1) is 0 Å². The van der Waals surface area contributed by atoms with Gasteiger partial charge in [-0.25, -0.2) is 0 Å².